The predicted molar refractivity (Wildman–Crippen MR) is 109 cm³/mol. The second kappa shape index (κ2) is 6.95. The number of nitrogens with zero attached hydrogens (tertiary/aromatic N) is 3. The summed E-state index contributed by atoms with van der Waals surface area (Å²) in [6.07, 6.45) is 9.70. The van der Waals surface area contributed by atoms with Gasteiger partial charge in [-0.25, -0.2) is 0 Å². The van der Waals surface area contributed by atoms with Gasteiger partial charge >= 0.3 is 0 Å². The van der Waals surface area contributed by atoms with E-state index in [4.69, 9.17) is 16.7 Å². The molecule has 1 unspecified atom stereocenters. The van der Waals surface area contributed by atoms with E-state index in [-0.39, 0.29) is 0 Å². The van der Waals surface area contributed by atoms with Crippen molar-refractivity contribution >= 4 is 17.2 Å². The summed E-state index contributed by atoms with van der Waals surface area (Å²) in [5.41, 5.74) is 6.82. The second-order valence-corrected chi connectivity index (χ2v) is 7.73. The Morgan fingerprint density at radius 1 is 1.04 bits per heavy atom. The molecule has 1 N–H and O–H groups in total. The molecule has 136 valence electrons. The Hall–Kier alpha value is -2.43. The van der Waals surface area contributed by atoms with Crippen molar-refractivity contribution in [3.05, 3.63) is 65.6 Å². The normalized spacial score (nSPS) is 19.7. The highest BCUT2D eigenvalue weighted by atomic mass is 35.5. The smallest absolute Gasteiger partial charge is 0.0963 e. The fourth-order valence-corrected chi connectivity index (χ4v) is 4.45. The van der Waals surface area contributed by atoms with Crippen molar-refractivity contribution in [2.24, 2.45) is 0 Å². The van der Waals surface area contributed by atoms with Crippen molar-refractivity contribution in [3.63, 3.8) is 0 Å². The van der Waals surface area contributed by atoms with Gasteiger partial charge in [0.2, 0.25) is 0 Å². The first-order valence-electron chi connectivity index (χ1n) is 9.48. The van der Waals surface area contributed by atoms with Crippen LogP contribution in [-0.4, -0.2) is 39.2 Å². The summed E-state index contributed by atoms with van der Waals surface area (Å²) in [7, 11) is 0. The number of aromatic amines is 1. The summed E-state index contributed by atoms with van der Waals surface area (Å²) >= 11 is 6.09. The Morgan fingerprint density at radius 3 is 2.67 bits per heavy atom. The molecule has 4 heterocycles. The van der Waals surface area contributed by atoms with E-state index in [0.29, 0.717) is 6.04 Å². The molecule has 0 spiro atoms. The third kappa shape index (κ3) is 3.09. The van der Waals surface area contributed by atoms with Crippen LogP contribution < -0.4 is 0 Å². The third-order valence-electron chi connectivity index (χ3n) is 5.70. The van der Waals surface area contributed by atoms with E-state index in [1.54, 1.807) is 0 Å². The Labute approximate surface area is 163 Å². The standard InChI is InChI=1S/C22H21ClN4/c23-18-5-3-16(4-6-18)21-20(15-7-10-24-11-8-15)22(26-25-21)17-9-13-27-12-1-2-19(27)14-17/h3-11,19H,1-2,12-14H2,(H,25,26). The van der Waals surface area contributed by atoms with Gasteiger partial charge in [-0.15, -0.1) is 0 Å². The minimum absolute atomic E-state index is 0.658. The topological polar surface area (TPSA) is 44.8 Å². The molecule has 27 heavy (non-hydrogen) atoms. The first-order valence-corrected chi connectivity index (χ1v) is 9.85. The number of hydrogen-bond donors (Lipinski definition) is 1. The highest BCUT2D eigenvalue weighted by molar-refractivity contribution is 6.30. The molecule has 5 rings (SSSR count). The number of rotatable bonds is 3. The number of aromatic nitrogens is 3. The van der Waals surface area contributed by atoms with Crippen LogP contribution >= 0.6 is 11.6 Å². The van der Waals surface area contributed by atoms with Crippen LogP contribution in [0.15, 0.2) is 54.9 Å². The lowest BCUT2D eigenvalue weighted by Gasteiger charge is -2.28. The maximum atomic E-state index is 6.09. The minimum Gasteiger partial charge on any atom is -0.296 e. The zero-order valence-electron chi connectivity index (χ0n) is 15.0. The van der Waals surface area contributed by atoms with Crippen LogP contribution in [0.25, 0.3) is 28.0 Å². The van der Waals surface area contributed by atoms with Crippen LogP contribution in [0.1, 0.15) is 25.0 Å². The van der Waals surface area contributed by atoms with Crippen LogP contribution in [0.4, 0.5) is 0 Å². The molecule has 0 radical (unpaired) electrons. The largest absolute Gasteiger partial charge is 0.296 e. The molecule has 1 aromatic carbocycles. The van der Waals surface area contributed by atoms with E-state index < -0.39 is 0 Å². The average molecular weight is 377 g/mol. The number of fused-ring (bicyclic) bond motifs is 1. The lowest BCUT2D eigenvalue weighted by molar-refractivity contribution is 0.275. The summed E-state index contributed by atoms with van der Waals surface area (Å²) in [4.78, 5) is 6.77. The molecule has 4 nitrogen and oxygen atoms in total. The van der Waals surface area contributed by atoms with Crippen molar-refractivity contribution in [1.82, 2.24) is 20.1 Å². The summed E-state index contributed by atoms with van der Waals surface area (Å²) in [6.45, 7) is 2.25. The molecule has 0 bridgehead atoms. The van der Waals surface area contributed by atoms with E-state index in [1.807, 2.05) is 36.7 Å². The van der Waals surface area contributed by atoms with Crippen LogP contribution in [-0.2, 0) is 0 Å². The molecule has 2 aromatic heterocycles. The molecule has 0 saturated carbocycles. The summed E-state index contributed by atoms with van der Waals surface area (Å²) in [5.74, 6) is 0. The fraction of sp³-hybridized carbons (Fsp3) is 0.273. The second-order valence-electron chi connectivity index (χ2n) is 7.29. The zero-order valence-corrected chi connectivity index (χ0v) is 15.8. The highest BCUT2D eigenvalue weighted by Gasteiger charge is 2.30. The first kappa shape index (κ1) is 16.7. The summed E-state index contributed by atoms with van der Waals surface area (Å²) < 4.78 is 0. The van der Waals surface area contributed by atoms with Gasteiger partial charge in [0.05, 0.1) is 11.4 Å². The number of halogens is 1. The van der Waals surface area contributed by atoms with E-state index in [0.717, 1.165) is 46.1 Å². The van der Waals surface area contributed by atoms with E-state index >= 15 is 0 Å². The Kier molecular flexibility index (Phi) is 4.30. The number of pyridine rings is 1. The lowest BCUT2D eigenvalue weighted by atomic mass is 9.91. The van der Waals surface area contributed by atoms with Crippen LogP contribution in [0.2, 0.25) is 5.02 Å². The zero-order chi connectivity index (χ0) is 18.2. The molecule has 1 fully saturated rings. The van der Waals surface area contributed by atoms with Crippen molar-refractivity contribution in [2.75, 3.05) is 13.1 Å². The van der Waals surface area contributed by atoms with E-state index in [2.05, 4.69) is 33.2 Å². The quantitative estimate of drug-likeness (QED) is 0.696. The lowest BCUT2D eigenvalue weighted by Crippen LogP contribution is -2.32. The van der Waals surface area contributed by atoms with Gasteiger partial charge in [-0.3, -0.25) is 15.0 Å². The number of H-pyrrole nitrogens is 1. The van der Waals surface area contributed by atoms with Crippen molar-refractivity contribution in [1.29, 1.82) is 0 Å². The van der Waals surface area contributed by atoms with Crippen LogP contribution in [0.3, 0.4) is 0 Å². The van der Waals surface area contributed by atoms with Crippen molar-refractivity contribution in [3.8, 4) is 22.4 Å². The molecule has 1 atom stereocenters. The number of hydrogen-bond acceptors (Lipinski definition) is 3. The highest BCUT2D eigenvalue weighted by Crippen LogP contribution is 2.40. The van der Waals surface area contributed by atoms with Gasteiger partial charge in [-0.1, -0.05) is 29.8 Å². The molecule has 0 amide bonds. The molecule has 2 aliphatic rings. The molecule has 5 heteroatoms. The maximum absolute atomic E-state index is 6.09. The molecule has 0 aliphatic carbocycles. The Morgan fingerprint density at radius 2 is 1.85 bits per heavy atom. The van der Waals surface area contributed by atoms with Gasteiger partial charge in [-0.05, 0) is 61.2 Å². The SMILES string of the molecule is Clc1ccc(-c2[nH]nc(C3=CCN4CCCC4C3)c2-c2ccncc2)cc1. The summed E-state index contributed by atoms with van der Waals surface area (Å²) in [5, 5.41) is 8.80. The van der Waals surface area contributed by atoms with Crippen LogP contribution in [0, 0.1) is 0 Å². The number of nitrogens with one attached hydrogen (secondary N) is 1. The Bertz CT molecular complexity index is 975. The van der Waals surface area contributed by atoms with Crippen molar-refractivity contribution < 1.29 is 0 Å². The third-order valence-corrected chi connectivity index (χ3v) is 5.95. The maximum Gasteiger partial charge on any atom is 0.0963 e. The molecular weight excluding hydrogens is 356 g/mol. The van der Waals surface area contributed by atoms with E-state index in [1.165, 1.54) is 25.0 Å². The van der Waals surface area contributed by atoms with Gasteiger partial charge < -0.3 is 0 Å². The molecule has 1 saturated heterocycles. The van der Waals surface area contributed by atoms with Gasteiger partial charge in [0.1, 0.15) is 0 Å². The molecular formula is C22H21ClN4. The average Bonchev–Trinajstić information content (AvgIpc) is 3.35. The fourth-order valence-electron chi connectivity index (χ4n) is 4.32. The van der Waals surface area contributed by atoms with Crippen LogP contribution in [0.5, 0.6) is 0 Å². The number of benzene rings is 1. The predicted octanol–water partition coefficient (Wildman–Crippen LogP) is 5.04. The monoisotopic (exact) mass is 376 g/mol. The van der Waals surface area contributed by atoms with E-state index in [9.17, 15) is 0 Å². The minimum atomic E-state index is 0.658. The molecule has 3 aromatic rings. The Balaban J connectivity index is 1.63. The van der Waals surface area contributed by atoms with Crippen molar-refractivity contribution in [2.45, 2.75) is 25.3 Å². The van der Waals surface area contributed by atoms with Gasteiger partial charge in [0.15, 0.2) is 0 Å². The molecule has 2 aliphatic heterocycles. The summed E-state index contributed by atoms with van der Waals surface area (Å²) in [6, 6.07) is 12.7. The van der Waals surface area contributed by atoms with Gasteiger partial charge in [-0.2, -0.15) is 5.10 Å². The van der Waals surface area contributed by atoms with Gasteiger partial charge in [0.25, 0.3) is 0 Å². The van der Waals surface area contributed by atoms with Gasteiger partial charge in [0, 0.05) is 41.1 Å². The first-order chi connectivity index (χ1) is 13.3.